The molecule has 0 fully saturated rings. The molecule has 0 aliphatic heterocycles. The lowest BCUT2D eigenvalue weighted by Gasteiger charge is -2.09. The van der Waals surface area contributed by atoms with Crippen molar-refractivity contribution in [2.24, 2.45) is 5.73 Å². The van der Waals surface area contributed by atoms with Gasteiger partial charge in [-0.15, -0.1) is 0 Å². The summed E-state index contributed by atoms with van der Waals surface area (Å²) in [6.45, 7) is 0. The van der Waals surface area contributed by atoms with E-state index in [9.17, 15) is 32.5 Å². The number of amides is 1. The van der Waals surface area contributed by atoms with Crippen LogP contribution in [0.25, 0.3) is 0 Å². The van der Waals surface area contributed by atoms with Gasteiger partial charge in [-0.3, -0.25) is 14.9 Å². The van der Waals surface area contributed by atoms with Crippen LogP contribution in [-0.4, -0.2) is 10.8 Å². The maximum Gasteiger partial charge on any atom is 0.425 e. The van der Waals surface area contributed by atoms with Gasteiger partial charge in [-0.2, -0.15) is 13.2 Å². The predicted octanol–water partition coefficient (Wildman–Crippen LogP) is 1.85. The molecule has 0 saturated carbocycles. The maximum absolute atomic E-state index is 13.1. The summed E-state index contributed by atoms with van der Waals surface area (Å²) in [6.07, 6.45) is -5.23. The molecule has 0 saturated heterocycles. The summed E-state index contributed by atoms with van der Waals surface area (Å²) < 4.78 is 50.1. The topological polar surface area (TPSA) is 86.2 Å². The number of halogens is 4. The van der Waals surface area contributed by atoms with E-state index in [0.29, 0.717) is 0 Å². The Kier molecular flexibility index (Phi) is 3.03. The molecule has 9 heteroatoms. The summed E-state index contributed by atoms with van der Waals surface area (Å²) in [4.78, 5) is 19.6. The quantitative estimate of drug-likeness (QED) is 0.495. The van der Waals surface area contributed by atoms with Crippen LogP contribution in [0.5, 0.6) is 0 Å². The maximum atomic E-state index is 13.1. The van der Waals surface area contributed by atoms with Crippen LogP contribution in [0.3, 0.4) is 0 Å². The number of carbonyl (C=O) groups excluding carboxylic acids is 1. The highest BCUT2D eigenvalue weighted by Crippen LogP contribution is 2.38. The smallest absolute Gasteiger partial charge is 0.366 e. The van der Waals surface area contributed by atoms with E-state index < -0.39 is 39.6 Å². The molecular formula is C8H4F4N2O3. The average Bonchev–Trinajstić information content (AvgIpc) is 2.13. The minimum atomic E-state index is -5.23. The lowest BCUT2D eigenvalue weighted by atomic mass is 10.1. The Morgan fingerprint density at radius 1 is 1.35 bits per heavy atom. The van der Waals surface area contributed by atoms with Crippen molar-refractivity contribution in [1.29, 1.82) is 0 Å². The van der Waals surface area contributed by atoms with Gasteiger partial charge >= 0.3 is 6.18 Å². The number of primary amides is 1. The van der Waals surface area contributed by atoms with Crippen molar-refractivity contribution in [3.63, 3.8) is 0 Å². The zero-order valence-electron chi connectivity index (χ0n) is 7.92. The van der Waals surface area contributed by atoms with Crippen molar-refractivity contribution in [3.05, 3.63) is 39.2 Å². The second-order valence-corrected chi connectivity index (χ2v) is 2.97. The third kappa shape index (κ3) is 2.49. The molecule has 0 heterocycles. The Bertz CT molecular complexity index is 498. The van der Waals surface area contributed by atoms with E-state index in [1.807, 2.05) is 0 Å². The van der Waals surface area contributed by atoms with Crippen LogP contribution >= 0.6 is 0 Å². The van der Waals surface area contributed by atoms with Crippen LogP contribution < -0.4 is 5.73 Å². The first kappa shape index (κ1) is 12.9. The van der Waals surface area contributed by atoms with Crippen LogP contribution in [0.1, 0.15) is 15.9 Å². The van der Waals surface area contributed by atoms with E-state index in [0.717, 1.165) is 0 Å². The van der Waals surface area contributed by atoms with Crippen molar-refractivity contribution < 1.29 is 27.3 Å². The standard InChI is InChI=1S/C8H4F4N2O3/c9-4-1-3(7(13)15)2-5(14(16)17)6(4)8(10,11)12/h1-2H,(H2,13,15). The summed E-state index contributed by atoms with van der Waals surface area (Å²) in [7, 11) is 0. The molecule has 0 unspecified atom stereocenters. The number of hydrogen-bond acceptors (Lipinski definition) is 3. The Morgan fingerprint density at radius 2 is 1.88 bits per heavy atom. The molecule has 2 N–H and O–H groups in total. The molecule has 0 atom stereocenters. The Balaban J connectivity index is 3.61. The molecule has 1 aromatic rings. The molecule has 1 aromatic carbocycles. The number of benzene rings is 1. The number of nitrogens with zero attached hydrogens (tertiary/aromatic N) is 1. The SMILES string of the molecule is NC(=O)c1cc(F)c(C(F)(F)F)c([N+](=O)[O-])c1. The van der Waals surface area contributed by atoms with Crippen molar-refractivity contribution in [1.82, 2.24) is 0 Å². The number of hydrogen-bond donors (Lipinski definition) is 1. The third-order valence-electron chi connectivity index (χ3n) is 1.83. The zero-order chi connectivity index (χ0) is 13.4. The van der Waals surface area contributed by atoms with Crippen molar-refractivity contribution in [2.45, 2.75) is 6.18 Å². The van der Waals surface area contributed by atoms with Gasteiger partial charge in [-0.25, -0.2) is 4.39 Å². The van der Waals surface area contributed by atoms with Crippen LogP contribution in [0.15, 0.2) is 12.1 Å². The van der Waals surface area contributed by atoms with Gasteiger partial charge in [0, 0.05) is 11.6 Å². The highest BCUT2D eigenvalue weighted by atomic mass is 19.4. The summed E-state index contributed by atoms with van der Waals surface area (Å²) in [5.41, 5.74) is 0.411. The Morgan fingerprint density at radius 3 is 2.24 bits per heavy atom. The molecule has 5 nitrogen and oxygen atoms in total. The van der Waals surface area contributed by atoms with E-state index in [2.05, 4.69) is 0 Å². The monoisotopic (exact) mass is 252 g/mol. The number of carbonyl (C=O) groups is 1. The fourth-order valence-electron chi connectivity index (χ4n) is 1.16. The normalized spacial score (nSPS) is 11.3. The average molecular weight is 252 g/mol. The van der Waals surface area contributed by atoms with Crippen LogP contribution in [-0.2, 0) is 6.18 Å². The van der Waals surface area contributed by atoms with Gasteiger partial charge < -0.3 is 5.73 Å². The highest BCUT2D eigenvalue weighted by molar-refractivity contribution is 5.93. The first-order valence-corrected chi connectivity index (χ1v) is 3.99. The molecular weight excluding hydrogens is 248 g/mol. The molecule has 0 aromatic heterocycles. The number of nitro groups is 1. The minimum absolute atomic E-state index is 0.207. The molecule has 1 rings (SSSR count). The summed E-state index contributed by atoms with van der Waals surface area (Å²) in [5.74, 6) is -3.18. The fraction of sp³-hybridized carbons (Fsp3) is 0.125. The summed E-state index contributed by atoms with van der Waals surface area (Å²) in [5, 5.41) is 10.4. The lowest BCUT2D eigenvalue weighted by Crippen LogP contribution is -2.16. The predicted molar refractivity (Wildman–Crippen MR) is 46.6 cm³/mol. The molecule has 17 heavy (non-hydrogen) atoms. The first-order valence-electron chi connectivity index (χ1n) is 3.99. The summed E-state index contributed by atoms with van der Waals surface area (Å²) >= 11 is 0. The van der Waals surface area contributed by atoms with Gasteiger partial charge in [0.2, 0.25) is 5.91 Å². The number of nitrogens with two attached hydrogens (primary N) is 1. The van der Waals surface area contributed by atoms with Gasteiger partial charge in [-0.05, 0) is 6.07 Å². The minimum Gasteiger partial charge on any atom is -0.366 e. The van der Waals surface area contributed by atoms with Gasteiger partial charge in [0.05, 0.1) is 4.92 Å². The van der Waals surface area contributed by atoms with Crippen LogP contribution in [0.4, 0.5) is 23.2 Å². The van der Waals surface area contributed by atoms with Gasteiger partial charge in [0.15, 0.2) is 5.56 Å². The van der Waals surface area contributed by atoms with E-state index in [-0.39, 0.29) is 12.1 Å². The highest BCUT2D eigenvalue weighted by Gasteiger charge is 2.42. The van der Waals surface area contributed by atoms with Crippen molar-refractivity contribution in [2.75, 3.05) is 0 Å². The molecule has 0 radical (unpaired) electrons. The number of rotatable bonds is 2. The lowest BCUT2D eigenvalue weighted by molar-refractivity contribution is -0.388. The number of nitro benzene ring substituents is 1. The van der Waals surface area contributed by atoms with E-state index in [4.69, 9.17) is 5.73 Å². The van der Waals surface area contributed by atoms with E-state index in [1.165, 1.54) is 0 Å². The van der Waals surface area contributed by atoms with Crippen LogP contribution in [0.2, 0.25) is 0 Å². The molecule has 92 valence electrons. The van der Waals surface area contributed by atoms with E-state index in [1.54, 1.807) is 0 Å². The molecule has 0 aliphatic carbocycles. The Hall–Kier alpha value is -2.19. The largest absolute Gasteiger partial charge is 0.425 e. The van der Waals surface area contributed by atoms with Crippen LogP contribution in [0, 0.1) is 15.9 Å². The molecule has 0 spiro atoms. The molecule has 0 bridgehead atoms. The second-order valence-electron chi connectivity index (χ2n) is 2.97. The molecule has 0 aliphatic rings. The van der Waals surface area contributed by atoms with E-state index >= 15 is 0 Å². The van der Waals surface area contributed by atoms with Crippen molar-refractivity contribution >= 4 is 11.6 Å². The second kappa shape index (κ2) is 4.00. The van der Waals surface area contributed by atoms with Gasteiger partial charge in [0.1, 0.15) is 5.82 Å². The summed E-state index contributed by atoms with van der Waals surface area (Å²) in [6, 6.07) is 0.492. The fourth-order valence-corrected chi connectivity index (χ4v) is 1.16. The van der Waals surface area contributed by atoms with Crippen molar-refractivity contribution in [3.8, 4) is 0 Å². The van der Waals surface area contributed by atoms with Gasteiger partial charge in [0.25, 0.3) is 5.69 Å². The third-order valence-corrected chi connectivity index (χ3v) is 1.83. The van der Waals surface area contributed by atoms with Gasteiger partial charge in [-0.1, -0.05) is 0 Å². The number of alkyl halides is 3. The molecule has 1 amide bonds. The zero-order valence-corrected chi connectivity index (χ0v) is 7.92. The first-order chi connectivity index (χ1) is 7.64. The Labute approximate surface area is 91.0 Å².